The lowest BCUT2D eigenvalue weighted by Crippen LogP contribution is -2.21. The lowest BCUT2D eigenvalue weighted by molar-refractivity contribution is 0.0467. The highest BCUT2D eigenvalue weighted by atomic mass is 16.5. The number of para-hydroxylation sites is 1. The number of benzene rings is 2. The Morgan fingerprint density at radius 1 is 0.882 bits per heavy atom. The van der Waals surface area contributed by atoms with Gasteiger partial charge in [-0.05, 0) is 24.6 Å². The van der Waals surface area contributed by atoms with Crippen molar-refractivity contribution < 1.29 is 9.84 Å². The standard InChI is InChI=1S/C15H16O2/c1-12(17-14-10-6-3-7-11-14)15(16)13-8-4-2-5-9-13/h2-12,15-16H,1H3. The van der Waals surface area contributed by atoms with Gasteiger partial charge in [0.15, 0.2) is 0 Å². The van der Waals surface area contributed by atoms with Gasteiger partial charge in [-0.2, -0.15) is 0 Å². The molecule has 0 aliphatic rings. The minimum absolute atomic E-state index is 0.278. The second-order valence-electron chi connectivity index (χ2n) is 3.99. The lowest BCUT2D eigenvalue weighted by atomic mass is 10.1. The van der Waals surface area contributed by atoms with Gasteiger partial charge in [0.1, 0.15) is 18.0 Å². The number of ether oxygens (including phenoxy) is 1. The molecular formula is C15H16O2. The summed E-state index contributed by atoms with van der Waals surface area (Å²) in [6.07, 6.45) is -0.892. The summed E-state index contributed by atoms with van der Waals surface area (Å²) in [6, 6.07) is 19.1. The van der Waals surface area contributed by atoms with Crippen LogP contribution in [0, 0.1) is 0 Å². The molecule has 2 rings (SSSR count). The minimum atomic E-state index is -0.614. The van der Waals surface area contributed by atoms with E-state index in [1.54, 1.807) is 0 Å². The van der Waals surface area contributed by atoms with Gasteiger partial charge in [-0.15, -0.1) is 0 Å². The Morgan fingerprint density at radius 2 is 1.41 bits per heavy atom. The molecule has 0 bridgehead atoms. The number of aliphatic hydroxyl groups is 1. The van der Waals surface area contributed by atoms with Crippen LogP contribution in [0.3, 0.4) is 0 Å². The van der Waals surface area contributed by atoms with Gasteiger partial charge in [-0.1, -0.05) is 48.5 Å². The van der Waals surface area contributed by atoms with Gasteiger partial charge in [0, 0.05) is 0 Å². The van der Waals surface area contributed by atoms with Crippen molar-refractivity contribution in [2.45, 2.75) is 19.1 Å². The number of rotatable bonds is 4. The Morgan fingerprint density at radius 3 is 2.00 bits per heavy atom. The number of hydrogen-bond acceptors (Lipinski definition) is 2. The molecule has 2 aromatic rings. The second-order valence-corrected chi connectivity index (χ2v) is 3.99. The highest BCUT2D eigenvalue weighted by Gasteiger charge is 2.17. The van der Waals surface area contributed by atoms with Crippen LogP contribution in [0.5, 0.6) is 5.75 Å². The molecule has 2 heteroatoms. The van der Waals surface area contributed by atoms with Gasteiger partial charge in [0.25, 0.3) is 0 Å². The third-order valence-corrected chi connectivity index (χ3v) is 2.65. The summed E-state index contributed by atoms with van der Waals surface area (Å²) in [6.45, 7) is 1.87. The molecule has 0 aliphatic heterocycles. The maximum atomic E-state index is 10.1. The molecule has 88 valence electrons. The van der Waals surface area contributed by atoms with Crippen molar-refractivity contribution in [2.75, 3.05) is 0 Å². The van der Waals surface area contributed by atoms with Crippen LogP contribution < -0.4 is 4.74 Å². The topological polar surface area (TPSA) is 29.5 Å². The van der Waals surface area contributed by atoms with Crippen LogP contribution >= 0.6 is 0 Å². The molecular weight excluding hydrogens is 212 g/mol. The van der Waals surface area contributed by atoms with E-state index in [1.165, 1.54) is 0 Å². The summed E-state index contributed by atoms with van der Waals surface area (Å²) in [4.78, 5) is 0. The molecule has 0 saturated heterocycles. The van der Waals surface area contributed by atoms with Gasteiger partial charge >= 0.3 is 0 Å². The first-order chi connectivity index (χ1) is 8.27. The normalized spacial score (nSPS) is 14.0. The molecule has 0 aromatic heterocycles. The minimum Gasteiger partial charge on any atom is -0.488 e. The zero-order chi connectivity index (χ0) is 12.1. The monoisotopic (exact) mass is 228 g/mol. The van der Waals surface area contributed by atoms with Crippen molar-refractivity contribution in [3.8, 4) is 5.75 Å². The van der Waals surface area contributed by atoms with E-state index in [0.717, 1.165) is 11.3 Å². The molecule has 2 atom stereocenters. The molecule has 0 saturated carbocycles. The molecule has 2 unspecified atom stereocenters. The van der Waals surface area contributed by atoms with E-state index in [0.29, 0.717) is 0 Å². The number of hydrogen-bond donors (Lipinski definition) is 1. The van der Waals surface area contributed by atoms with Crippen molar-refractivity contribution in [3.05, 3.63) is 66.2 Å². The molecule has 2 nitrogen and oxygen atoms in total. The van der Waals surface area contributed by atoms with Crippen molar-refractivity contribution in [2.24, 2.45) is 0 Å². The maximum absolute atomic E-state index is 10.1. The van der Waals surface area contributed by atoms with E-state index in [1.807, 2.05) is 67.6 Å². The van der Waals surface area contributed by atoms with E-state index in [9.17, 15) is 5.11 Å². The predicted molar refractivity (Wildman–Crippen MR) is 67.9 cm³/mol. The Bertz CT molecular complexity index is 439. The van der Waals surface area contributed by atoms with Gasteiger partial charge < -0.3 is 9.84 Å². The van der Waals surface area contributed by atoms with Gasteiger partial charge in [-0.3, -0.25) is 0 Å². The largest absolute Gasteiger partial charge is 0.488 e. The molecule has 0 fully saturated rings. The molecule has 0 heterocycles. The van der Waals surface area contributed by atoms with E-state index < -0.39 is 6.10 Å². The van der Waals surface area contributed by atoms with E-state index in [-0.39, 0.29) is 6.10 Å². The second kappa shape index (κ2) is 5.51. The van der Waals surface area contributed by atoms with Gasteiger partial charge in [0.05, 0.1) is 0 Å². The van der Waals surface area contributed by atoms with Crippen LogP contribution in [0.4, 0.5) is 0 Å². The van der Waals surface area contributed by atoms with Crippen LogP contribution in [0.15, 0.2) is 60.7 Å². The first kappa shape index (κ1) is 11.7. The third-order valence-electron chi connectivity index (χ3n) is 2.65. The lowest BCUT2D eigenvalue weighted by Gasteiger charge is -2.20. The molecule has 2 aromatic carbocycles. The molecule has 17 heavy (non-hydrogen) atoms. The van der Waals surface area contributed by atoms with Crippen LogP contribution in [0.1, 0.15) is 18.6 Å². The summed E-state index contributed by atoms with van der Waals surface area (Å²) in [5.41, 5.74) is 0.871. The van der Waals surface area contributed by atoms with E-state index in [4.69, 9.17) is 4.74 Å². The summed E-state index contributed by atoms with van der Waals surface area (Å²) >= 11 is 0. The van der Waals surface area contributed by atoms with Crippen LogP contribution in [-0.2, 0) is 0 Å². The smallest absolute Gasteiger partial charge is 0.126 e. The van der Waals surface area contributed by atoms with Crippen molar-refractivity contribution in [1.82, 2.24) is 0 Å². The SMILES string of the molecule is CC(Oc1ccccc1)C(O)c1ccccc1. The first-order valence-electron chi connectivity index (χ1n) is 5.72. The molecule has 0 amide bonds. The fraction of sp³-hybridized carbons (Fsp3) is 0.200. The first-order valence-corrected chi connectivity index (χ1v) is 5.72. The van der Waals surface area contributed by atoms with Crippen LogP contribution in [-0.4, -0.2) is 11.2 Å². The fourth-order valence-corrected chi connectivity index (χ4v) is 1.70. The van der Waals surface area contributed by atoms with Crippen LogP contribution in [0.2, 0.25) is 0 Å². The van der Waals surface area contributed by atoms with Gasteiger partial charge in [0.2, 0.25) is 0 Å². The zero-order valence-electron chi connectivity index (χ0n) is 9.78. The van der Waals surface area contributed by atoms with Gasteiger partial charge in [-0.25, -0.2) is 0 Å². The average molecular weight is 228 g/mol. The van der Waals surface area contributed by atoms with Crippen LogP contribution in [0.25, 0.3) is 0 Å². The Kier molecular flexibility index (Phi) is 3.78. The fourth-order valence-electron chi connectivity index (χ4n) is 1.70. The average Bonchev–Trinajstić information content (AvgIpc) is 2.40. The Hall–Kier alpha value is -1.80. The number of aliphatic hydroxyl groups excluding tert-OH is 1. The third kappa shape index (κ3) is 3.08. The molecule has 1 N–H and O–H groups in total. The summed E-state index contributed by atoms with van der Waals surface area (Å²) in [5, 5.41) is 10.1. The van der Waals surface area contributed by atoms with E-state index in [2.05, 4.69) is 0 Å². The predicted octanol–water partition coefficient (Wildman–Crippen LogP) is 3.19. The summed E-state index contributed by atoms with van der Waals surface area (Å²) < 4.78 is 5.68. The quantitative estimate of drug-likeness (QED) is 0.870. The maximum Gasteiger partial charge on any atom is 0.126 e. The van der Waals surface area contributed by atoms with Crippen molar-refractivity contribution in [1.29, 1.82) is 0 Å². The summed E-state index contributed by atoms with van der Waals surface area (Å²) in [7, 11) is 0. The van der Waals surface area contributed by atoms with E-state index >= 15 is 0 Å². The molecule has 0 spiro atoms. The molecule has 0 radical (unpaired) electrons. The Labute approximate surface area is 101 Å². The molecule has 0 aliphatic carbocycles. The summed E-state index contributed by atoms with van der Waals surface area (Å²) in [5.74, 6) is 0.773. The van der Waals surface area contributed by atoms with Crippen molar-refractivity contribution >= 4 is 0 Å². The van der Waals surface area contributed by atoms with Crippen molar-refractivity contribution in [3.63, 3.8) is 0 Å². The zero-order valence-corrected chi connectivity index (χ0v) is 9.78. The highest BCUT2D eigenvalue weighted by molar-refractivity contribution is 5.23. The Balaban J connectivity index is 2.03. The highest BCUT2D eigenvalue weighted by Crippen LogP contribution is 2.21.